The molecule has 0 aliphatic rings. The molecule has 3 rings (SSSR count). The molecule has 0 atom stereocenters. The first-order chi connectivity index (χ1) is 13.1. The Bertz CT molecular complexity index is 913. The Balaban J connectivity index is 1.68. The number of fused-ring (bicyclic) bond motifs is 1. The molecule has 1 heterocycles. The minimum absolute atomic E-state index is 0.0578. The zero-order valence-corrected chi connectivity index (χ0v) is 16.6. The van der Waals surface area contributed by atoms with Gasteiger partial charge in [0.25, 0.3) is 0 Å². The Morgan fingerprint density at radius 3 is 2.67 bits per heavy atom. The molecule has 0 fully saturated rings. The van der Waals surface area contributed by atoms with E-state index < -0.39 is 6.29 Å². The summed E-state index contributed by atoms with van der Waals surface area (Å²) in [5.74, 6) is -0.0578. The molecule has 0 spiro atoms. The molecule has 0 saturated carbocycles. The third kappa shape index (κ3) is 4.91. The van der Waals surface area contributed by atoms with E-state index in [2.05, 4.69) is 46.7 Å². The number of carbonyl (C=O) groups excluding carboxylic acids is 1. The van der Waals surface area contributed by atoms with Gasteiger partial charge in [-0.1, -0.05) is 42.5 Å². The summed E-state index contributed by atoms with van der Waals surface area (Å²) in [6, 6.07) is 14.7. The van der Waals surface area contributed by atoms with E-state index in [0.717, 1.165) is 22.0 Å². The molecule has 1 amide bonds. The van der Waals surface area contributed by atoms with Crippen molar-refractivity contribution in [2.45, 2.75) is 26.1 Å². The molecule has 1 aromatic heterocycles. The fraction of sp³-hybridized carbons (Fsp3) is 0.333. The van der Waals surface area contributed by atoms with Crippen molar-refractivity contribution in [2.24, 2.45) is 0 Å². The first-order valence-electron chi connectivity index (χ1n) is 8.84. The second kappa shape index (κ2) is 9.08. The summed E-state index contributed by atoms with van der Waals surface area (Å²) in [6.07, 6.45) is 0.654. The van der Waals surface area contributed by atoms with Crippen LogP contribution in [-0.2, 0) is 27.1 Å². The molecule has 6 heteroatoms. The van der Waals surface area contributed by atoms with E-state index in [0.29, 0.717) is 13.0 Å². The van der Waals surface area contributed by atoms with E-state index in [1.807, 2.05) is 13.0 Å². The van der Waals surface area contributed by atoms with Crippen LogP contribution >= 0.6 is 11.3 Å². The fourth-order valence-corrected chi connectivity index (χ4v) is 4.10. The maximum Gasteiger partial charge on any atom is 0.225 e. The topological polar surface area (TPSA) is 60.5 Å². The van der Waals surface area contributed by atoms with Gasteiger partial charge in [-0.2, -0.15) is 0 Å². The molecular formula is C21H24N2O3S. The van der Waals surface area contributed by atoms with Crippen LogP contribution in [0.4, 0.5) is 0 Å². The van der Waals surface area contributed by atoms with E-state index in [9.17, 15) is 4.79 Å². The van der Waals surface area contributed by atoms with Crippen LogP contribution in [0.5, 0.6) is 0 Å². The third-order valence-electron chi connectivity index (χ3n) is 4.47. The number of hydrogen-bond donors (Lipinski definition) is 1. The number of methoxy groups -OCH3 is 2. The highest BCUT2D eigenvalue weighted by Gasteiger charge is 2.14. The number of ether oxygens (including phenoxy) is 2. The standard InChI is InChI=1S/C21H24N2O3S/c1-14-18(12-19(24)22-13-21(25-2)26-3)27-20(23-14)11-16-9-6-8-15-7-4-5-10-17(15)16/h4-10,21H,11-13H2,1-3H3,(H,22,24). The summed E-state index contributed by atoms with van der Waals surface area (Å²) in [6.45, 7) is 2.28. The molecular weight excluding hydrogens is 360 g/mol. The van der Waals surface area contributed by atoms with Gasteiger partial charge in [0.05, 0.1) is 23.7 Å². The number of thiazole rings is 1. The Hall–Kier alpha value is -2.28. The summed E-state index contributed by atoms with van der Waals surface area (Å²) >= 11 is 1.60. The van der Waals surface area contributed by atoms with Gasteiger partial charge in [0.2, 0.25) is 5.91 Å². The highest BCUT2D eigenvalue weighted by molar-refractivity contribution is 7.11. The number of rotatable bonds is 8. The Morgan fingerprint density at radius 1 is 1.15 bits per heavy atom. The molecule has 2 aromatic carbocycles. The molecule has 5 nitrogen and oxygen atoms in total. The van der Waals surface area contributed by atoms with E-state index in [4.69, 9.17) is 9.47 Å². The van der Waals surface area contributed by atoms with Crippen LogP contribution < -0.4 is 5.32 Å². The molecule has 0 aliphatic heterocycles. The highest BCUT2D eigenvalue weighted by Crippen LogP contribution is 2.25. The summed E-state index contributed by atoms with van der Waals surface area (Å²) in [4.78, 5) is 17.9. The van der Waals surface area contributed by atoms with Crippen molar-refractivity contribution >= 4 is 28.0 Å². The molecule has 0 unspecified atom stereocenters. The predicted molar refractivity (Wildman–Crippen MR) is 108 cm³/mol. The number of aromatic nitrogens is 1. The van der Waals surface area contributed by atoms with Crippen molar-refractivity contribution in [3.05, 3.63) is 63.6 Å². The normalized spacial score (nSPS) is 11.3. The van der Waals surface area contributed by atoms with Crippen molar-refractivity contribution < 1.29 is 14.3 Å². The first kappa shape index (κ1) is 19.5. The average Bonchev–Trinajstić information content (AvgIpc) is 3.01. The molecule has 27 heavy (non-hydrogen) atoms. The maximum atomic E-state index is 12.2. The van der Waals surface area contributed by atoms with Gasteiger partial charge in [0.15, 0.2) is 6.29 Å². The van der Waals surface area contributed by atoms with Gasteiger partial charge in [-0.25, -0.2) is 4.98 Å². The molecule has 0 radical (unpaired) electrons. The second-order valence-corrected chi connectivity index (χ2v) is 7.48. The van der Waals surface area contributed by atoms with Crippen LogP contribution in [0.25, 0.3) is 10.8 Å². The molecule has 1 N–H and O–H groups in total. The number of aryl methyl sites for hydroxylation is 1. The highest BCUT2D eigenvalue weighted by atomic mass is 32.1. The molecule has 142 valence electrons. The fourth-order valence-electron chi connectivity index (χ4n) is 3.01. The van der Waals surface area contributed by atoms with E-state index in [-0.39, 0.29) is 5.91 Å². The van der Waals surface area contributed by atoms with Crippen LogP contribution in [0.15, 0.2) is 42.5 Å². The average molecular weight is 385 g/mol. The van der Waals surface area contributed by atoms with Crippen LogP contribution in [0.2, 0.25) is 0 Å². The van der Waals surface area contributed by atoms with Gasteiger partial charge in [-0.15, -0.1) is 11.3 Å². The van der Waals surface area contributed by atoms with Gasteiger partial charge < -0.3 is 14.8 Å². The minimum atomic E-state index is -0.432. The number of amides is 1. The van der Waals surface area contributed by atoms with Crippen LogP contribution in [0, 0.1) is 6.92 Å². The molecule has 0 saturated heterocycles. The van der Waals surface area contributed by atoms with E-state index >= 15 is 0 Å². The van der Waals surface area contributed by atoms with Gasteiger partial charge in [0, 0.05) is 25.5 Å². The number of nitrogens with one attached hydrogen (secondary N) is 1. The lowest BCUT2D eigenvalue weighted by Crippen LogP contribution is -2.34. The summed E-state index contributed by atoms with van der Waals surface area (Å²) in [5.41, 5.74) is 2.17. The lowest BCUT2D eigenvalue weighted by atomic mass is 10.0. The van der Waals surface area contributed by atoms with Crippen LogP contribution in [-0.4, -0.2) is 37.9 Å². The van der Waals surface area contributed by atoms with Gasteiger partial charge in [-0.05, 0) is 23.3 Å². The first-order valence-corrected chi connectivity index (χ1v) is 9.66. The quantitative estimate of drug-likeness (QED) is 0.604. The number of carbonyl (C=O) groups is 1. The van der Waals surface area contributed by atoms with Crippen molar-refractivity contribution in [3.63, 3.8) is 0 Å². The Labute approximate surface area is 163 Å². The van der Waals surface area contributed by atoms with Gasteiger partial charge in [-0.3, -0.25) is 4.79 Å². The molecule has 3 aromatic rings. The van der Waals surface area contributed by atoms with Crippen molar-refractivity contribution in [2.75, 3.05) is 20.8 Å². The minimum Gasteiger partial charge on any atom is -0.354 e. The lowest BCUT2D eigenvalue weighted by Gasteiger charge is -2.13. The number of benzene rings is 2. The van der Waals surface area contributed by atoms with Crippen molar-refractivity contribution in [1.82, 2.24) is 10.3 Å². The van der Waals surface area contributed by atoms with Gasteiger partial charge in [0.1, 0.15) is 0 Å². The maximum absolute atomic E-state index is 12.2. The molecule has 0 bridgehead atoms. The smallest absolute Gasteiger partial charge is 0.225 e. The third-order valence-corrected chi connectivity index (χ3v) is 5.63. The largest absolute Gasteiger partial charge is 0.354 e. The molecule has 0 aliphatic carbocycles. The summed E-state index contributed by atoms with van der Waals surface area (Å²) in [7, 11) is 3.10. The van der Waals surface area contributed by atoms with Crippen LogP contribution in [0.1, 0.15) is 21.1 Å². The summed E-state index contributed by atoms with van der Waals surface area (Å²) in [5, 5.41) is 6.34. The zero-order valence-electron chi connectivity index (χ0n) is 15.8. The van der Waals surface area contributed by atoms with E-state index in [1.54, 1.807) is 25.6 Å². The van der Waals surface area contributed by atoms with Gasteiger partial charge >= 0.3 is 0 Å². The van der Waals surface area contributed by atoms with Crippen LogP contribution in [0.3, 0.4) is 0 Å². The Kier molecular flexibility index (Phi) is 6.55. The zero-order chi connectivity index (χ0) is 19.2. The van der Waals surface area contributed by atoms with Crippen molar-refractivity contribution in [1.29, 1.82) is 0 Å². The second-order valence-electron chi connectivity index (χ2n) is 6.31. The predicted octanol–water partition coefficient (Wildman–Crippen LogP) is 3.47. The number of hydrogen-bond acceptors (Lipinski definition) is 5. The SMILES string of the molecule is COC(CNC(=O)Cc1sc(Cc2cccc3ccccc23)nc1C)OC. The summed E-state index contributed by atoms with van der Waals surface area (Å²) < 4.78 is 10.2. The number of nitrogens with zero attached hydrogens (tertiary/aromatic N) is 1. The monoisotopic (exact) mass is 384 g/mol. The van der Waals surface area contributed by atoms with Crippen molar-refractivity contribution in [3.8, 4) is 0 Å². The van der Waals surface area contributed by atoms with E-state index in [1.165, 1.54) is 16.3 Å². The Morgan fingerprint density at radius 2 is 1.89 bits per heavy atom. The lowest BCUT2D eigenvalue weighted by molar-refractivity contribution is -0.126.